The Labute approximate surface area is 130 Å². The quantitative estimate of drug-likeness (QED) is 0.897. The Morgan fingerprint density at radius 3 is 2.41 bits per heavy atom. The molecule has 22 heavy (non-hydrogen) atoms. The van der Waals surface area contributed by atoms with E-state index in [0.717, 1.165) is 5.56 Å². The first-order valence-electron chi connectivity index (χ1n) is 7.30. The fourth-order valence-electron chi connectivity index (χ4n) is 2.03. The molecule has 0 aromatic heterocycles. The SMILES string of the molecule is CC[C@H](Oc1ccc(C)c(C)c1)C(=O)Nc1ccc(F)cc1. The lowest BCUT2D eigenvalue weighted by Gasteiger charge is -2.18. The molecular weight excluding hydrogens is 281 g/mol. The average Bonchev–Trinajstić information content (AvgIpc) is 2.50. The Kier molecular flexibility index (Phi) is 5.15. The zero-order valence-corrected chi connectivity index (χ0v) is 13.0. The highest BCUT2D eigenvalue weighted by Gasteiger charge is 2.18. The molecule has 0 bridgehead atoms. The Hall–Kier alpha value is -2.36. The Morgan fingerprint density at radius 1 is 1.14 bits per heavy atom. The summed E-state index contributed by atoms with van der Waals surface area (Å²) >= 11 is 0. The maximum atomic E-state index is 12.9. The van der Waals surface area contributed by atoms with Gasteiger partial charge in [0.2, 0.25) is 0 Å². The first kappa shape index (κ1) is 16.0. The number of ether oxygens (including phenoxy) is 1. The van der Waals surface area contributed by atoms with Gasteiger partial charge >= 0.3 is 0 Å². The number of hydrogen-bond acceptors (Lipinski definition) is 2. The van der Waals surface area contributed by atoms with Crippen LogP contribution >= 0.6 is 0 Å². The van der Waals surface area contributed by atoms with Crippen molar-refractivity contribution in [1.82, 2.24) is 0 Å². The zero-order chi connectivity index (χ0) is 16.1. The van der Waals surface area contributed by atoms with Crippen LogP contribution in [0.2, 0.25) is 0 Å². The molecule has 0 fully saturated rings. The minimum atomic E-state index is -0.591. The smallest absolute Gasteiger partial charge is 0.265 e. The predicted octanol–water partition coefficient (Wildman–Crippen LogP) is 4.24. The van der Waals surface area contributed by atoms with Gasteiger partial charge in [-0.25, -0.2) is 4.39 Å². The van der Waals surface area contributed by atoms with E-state index in [2.05, 4.69) is 5.32 Å². The molecule has 0 saturated heterocycles. The third-order valence-electron chi connectivity index (χ3n) is 3.53. The van der Waals surface area contributed by atoms with Gasteiger partial charge in [-0.3, -0.25) is 4.79 Å². The van der Waals surface area contributed by atoms with E-state index in [1.807, 2.05) is 39.0 Å². The second-order valence-electron chi connectivity index (χ2n) is 5.26. The highest BCUT2D eigenvalue weighted by Crippen LogP contribution is 2.19. The van der Waals surface area contributed by atoms with Gasteiger partial charge in [0.25, 0.3) is 5.91 Å². The van der Waals surface area contributed by atoms with Crippen molar-refractivity contribution in [3.05, 3.63) is 59.4 Å². The Bertz CT molecular complexity index is 653. The molecule has 116 valence electrons. The van der Waals surface area contributed by atoms with E-state index in [0.29, 0.717) is 17.9 Å². The van der Waals surface area contributed by atoms with Crippen LogP contribution in [0.4, 0.5) is 10.1 Å². The van der Waals surface area contributed by atoms with Crippen LogP contribution in [0.1, 0.15) is 24.5 Å². The largest absolute Gasteiger partial charge is 0.481 e. The highest BCUT2D eigenvalue weighted by atomic mass is 19.1. The van der Waals surface area contributed by atoms with Gasteiger partial charge < -0.3 is 10.1 Å². The van der Waals surface area contributed by atoms with Crippen molar-refractivity contribution < 1.29 is 13.9 Å². The molecule has 3 nitrogen and oxygen atoms in total. The third kappa shape index (κ3) is 4.07. The van der Waals surface area contributed by atoms with Crippen LogP contribution in [0.15, 0.2) is 42.5 Å². The van der Waals surface area contributed by atoms with Crippen molar-refractivity contribution in [2.45, 2.75) is 33.3 Å². The number of hydrogen-bond donors (Lipinski definition) is 1. The second kappa shape index (κ2) is 7.07. The number of nitrogens with one attached hydrogen (secondary N) is 1. The fourth-order valence-corrected chi connectivity index (χ4v) is 2.03. The number of halogens is 1. The van der Waals surface area contributed by atoms with E-state index in [1.54, 1.807) is 0 Å². The first-order valence-corrected chi connectivity index (χ1v) is 7.30. The van der Waals surface area contributed by atoms with Gasteiger partial charge in [0, 0.05) is 5.69 Å². The van der Waals surface area contributed by atoms with E-state index in [-0.39, 0.29) is 11.7 Å². The average molecular weight is 301 g/mol. The summed E-state index contributed by atoms with van der Waals surface area (Å²) in [5.41, 5.74) is 2.84. The van der Waals surface area contributed by atoms with Crippen molar-refractivity contribution in [3.63, 3.8) is 0 Å². The molecule has 0 spiro atoms. The maximum Gasteiger partial charge on any atom is 0.265 e. The maximum absolute atomic E-state index is 12.9. The Balaban J connectivity index is 2.05. The van der Waals surface area contributed by atoms with Gasteiger partial charge in [0.15, 0.2) is 6.10 Å². The van der Waals surface area contributed by atoms with Crippen LogP contribution in [0.25, 0.3) is 0 Å². The van der Waals surface area contributed by atoms with Gasteiger partial charge in [-0.2, -0.15) is 0 Å². The van der Waals surface area contributed by atoms with Crippen molar-refractivity contribution >= 4 is 11.6 Å². The van der Waals surface area contributed by atoms with Crippen LogP contribution in [-0.4, -0.2) is 12.0 Å². The van der Waals surface area contributed by atoms with Gasteiger partial charge in [0.1, 0.15) is 11.6 Å². The van der Waals surface area contributed by atoms with Crippen molar-refractivity contribution in [1.29, 1.82) is 0 Å². The van der Waals surface area contributed by atoms with Crippen LogP contribution in [-0.2, 0) is 4.79 Å². The summed E-state index contributed by atoms with van der Waals surface area (Å²) in [5, 5.41) is 2.74. The van der Waals surface area contributed by atoms with Crippen molar-refractivity contribution in [2.75, 3.05) is 5.32 Å². The van der Waals surface area contributed by atoms with Crippen molar-refractivity contribution in [3.8, 4) is 5.75 Å². The number of amides is 1. The summed E-state index contributed by atoms with van der Waals surface area (Å²) < 4.78 is 18.6. The molecule has 0 aliphatic heterocycles. The number of aryl methyl sites for hydroxylation is 2. The van der Waals surface area contributed by atoms with E-state index in [9.17, 15) is 9.18 Å². The minimum absolute atomic E-state index is 0.243. The third-order valence-corrected chi connectivity index (χ3v) is 3.53. The Morgan fingerprint density at radius 2 is 1.82 bits per heavy atom. The second-order valence-corrected chi connectivity index (χ2v) is 5.26. The summed E-state index contributed by atoms with van der Waals surface area (Å²) in [4.78, 5) is 12.3. The van der Waals surface area contributed by atoms with E-state index >= 15 is 0 Å². The lowest BCUT2D eigenvalue weighted by molar-refractivity contribution is -0.122. The zero-order valence-electron chi connectivity index (χ0n) is 13.0. The highest BCUT2D eigenvalue weighted by molar-refractivity contribution is 5.94. The van der Waals surface area contributed by atoms with E-state index in [4.69, 9.17) is 4.74 Å². The summed E-state index contributed by atoms with van der Waals surface area (Å²) in [6, 6.07) is 11.4. The van der Waals surface area contributed by atoms with Crippen LogP contribution < -0.4 is 10.1 Å². The molecule has 1 amide bonds. The number of rotatable bonds is 5. The molecule has 0 radical (unpaired) electrons. The molecule has 0 saturated carbocycles. The molecule has 2 aromatic rings. The van der Waals surface area contributed by atoms with Crippen LogP contribution in [0.3, 0.4) is 0 Å². The van der Waals surface area contributed by atoms with Crippen LogP contribution in [0.5, 0.6) is 5.75 Å². The van der Waals surface area contributed by atoms with Gasteiger partial charge in [0.05, 0.1) is 0 Å². The van der Waals surface area contributed by atoms with Gasteiger partial charge in [-0.05, 0) is 67.8 Å². The molecule has 0 unspecified atom stereocenters. The molecule has 0 heterocycles. The standard InChI is InChI=1S/C18H20FNO2/c1-4-17(22-16-10-5-12(2)13(3)11-16)18(21)20-15-8-6-14(19)7-9-15/h5-11,17H,4H2,1-3H3,(H,20,21)/t17-/m0/s1. The molecule has 0 aliphatic carbocycles. The molecule has 4 heteroatoms. The molecular formula is C18H20FNO2. The monoisotopic (exact) mass is 301 g/mol. The predicted molar refractivity (Wildman–Crippen MR) is 85.7 cm³/mol. The number of benzene rings is 2. The minimum Gasteiger partial charge on any atom is -0.481 e. The topological polar surface area (TPSA) is 38.3 Å². The fraction of sp³-hybridized carbons (Fsp3) is 0.278. The molecule has 1 atom stereocenters. The van der Waals surface area contributed by atoms with E-state index in [1.165, 1.54) is 29.8 Å². The summed E-state index contributed by atoms with van der Waals surface area (Å²) in [6.07, 6.45) is -0.0490. The van der Waals surface area contributed by atoms with Crippen LogP contribution in [0, 0.1) is 19.7 Å². The molecule has 0 aliphatic rings. The summed E-state index contributed by atoms with van der Waals surface area (Å²) in [5.74, 6) is 0.0907. The summed E-state index contributed by atoms with van der Waals surface area (Å²) in [7, 11) is 0. The van der Waals surface area contributed by atoms with Gasteiger partial charge in [-0.15, -0.1) is 0 Å². The lowest BCUT2D eigenvalue weighted by atomic mass is 10.1. The summed E-state index contributed by atoms with van der Waals surface area (Å²) in [6.45, 7) is 5.91. The number of carbonyl (C=O) groups is 1. The van der Waals surface area contributed by atoms with Crippen molar-refractivity contribution in [2.24, 2.45) is 0 Å². The lowest BCUT2D eigenvalue weighted by Crippen LogP contribution is -2.32. The van der Waals surface area contributed by atoms with E-state index < -0.39 is 6.10 Å². The number of anilines is 1. The number of carbonyl (C=O) groups excluding carboxylic acids is 1. The van der Waals surface area contributed by atoms with Gasteiger partial charge in [-0.1, -0.05) is 13.0 Å². The normalized spacial score (nSPS) is 11.8. The molecule has 1 N–H and O–H groups in total. The molecule has 2 aromatic carbocycles. The first-order chi connectivity index (χ1) is 10.5. The molecule has 2 rings (SSSR count).